The summed E-state index contributed by atoms with van der Waals surface area (Å²) in [5, 5.41) is 0. The van der Waals surface area contributed by atoms with E-state index < -0.39 is 0 Å². The zero-order valence-electron chi connectivity index (χ0n) is 19.2. The number of imidazole rings is 1. The molecule has 0 aliphatic carbocycles. The van der Waals surface area contributed by atoms with E-state index in [0.717, 1.165) is 52.2 Å². The van der Waals surface area contributed by atoms with Gasteiger partial charge < -0.3 is 14.2 Å². The largest absolute Gasteiger partial charge is 0.493 e. The zero-order chi connectivity index (χ0) is 22.7. The van der Waals surface area contributed by atoms with Gasteiger partial charge in [0.05, 0.1) is 24.2 Å². The van der Waals surface area contributed by atoms with Crippen molar-refractivity contribution in [1.29, 1.82) is 0 Å². The highest BCUT2D eigenvalue weighted by molar-refractivity contribution is 9.10. The van der Waals surface area contributed by atoms with Gasteiger partial charge in [0.15, 0.2) is 0 Å². The third kappa shape index (κ3) is 5.22. The fourth-order valence-electron chi connectivity index (χ4n) is 4.04. The van der Waals surface area contributed by atoms with E-state index >= 15 is 0 Å². The summed E-state index contributed by atoms with van der Waals surface area (Å²) < 4.78 is 9.47. The van der Waals surface area contributed by atoms with Crippen molar-refractivity contribution in [1.82, 2.24) is 14.5 Å². The second-order valence-electron chi connectivity index (χ2n) is 8.65. The second kappa shape index (κ2) is 9.88. The number of rotatable bonds is 8. The van der Waals surface area contributed by atoms with Crippen LogP contribution in [0.2, 0.25) is 0 Å². The predicted molar refractivity (Wildman–Crippen MR) is 137 cm³/mol. The molecule has 0 amide bonds. The highest BCUT2D eigenvalue weighted by atomic mass is 79.9. The number of hydrogen-bond acceptors (Lipinski definition) is 3. The molecule has 0 saturated carbocycles. The average molecular weight is 492 g/mol. The Labute approximate surface area is 199 Å². The predicted octanol–water partition coefficient (Wildman–Crippen LogP) is 6.46. The summed E-state index contributed by atoms with van der Waals surface area (Å²) in [6, 6.07) is 21.2. The Balaban J connectivity index is 1.77. The van der Waals surface area contributed by atoms with Crippen molar-refractivity contribution in [2.45, 2.75) is 26.8 Å². The van der Waals surface area contributed by atoms with E-state index in [1.807, 2.05) is 12.1 Å². The maximum atomic E-state index is 6.07. The van der Waals surface area contributed by atoms with Crippen LogP contribution in [0.1, 0.15) is 23.1 Å². The van der Waals surface area contributed by atoms with Gasteiger partial charge in [0.1, 0.15) is 11.6 Å². The van der Waals surface area contributed by atoms with E-state index in [4.69, 9.17) is 9.72 Å². The fourth-order valence-corrected chi connectivity index (χ4v) is 4.45. The SMILES string of the molecule is Cc1cc(C)cc(-c2nc3ccc(OCCCN(C)C)cc3n2Cc2ccccc2Br)c1. The number of ether oxygens (including phenoxy) is 1. The van der Waals surface area contributed by atoms with Gasteiger partial charge in [-0.25, -0.2) is 4.98 Å². The molecule has 0 radical (unpaired) electrons. The van der Waals surface area contributed by atoms with Crippen molar-refractivity contribution in [2.24, 2.45) is 0 Å². The van der Waals surface area contributed by atoms with E-state index in [-0.39, 0.29) is 0 Å². The van der Waals surface area contributed by atoms with Gasteiger partial charge in [-0.2, -0.15) is 0 Å². The van der Waals surface area contributed by atoms with Crippen LogP contribution in [0.25, 0.3) is 22.4 Å². The molecule has 0 atom stereocenters. The summed E-state index contributed by atoms with van der Waals surface area (Å²) in [5.74, 6) is 1.86. The maximum absolute atomic E-state index is 6.07. The first-order chi connectivity index (χ1) is 15.4. The minimum atomic E-state index is 0.700. The highest BCUT2D eigenvalue weighted by Gasteiger charge is 2.16. The topological polar surface area (TPSA) is 30.3 Å². The van der Waals surface area contributed by atoms with Gasteiger partial charge in [-0.1, -0.05) is 51.3 Å². The molecular formula is C27H30BrN3O. The van der Waals surface area contributed by atoms with Crippen LogP contribution in [-0.2, 0) is 6.54 Å². The summed E-state index contributed by atoms with van der Waals surface area (Å²) in [7, 11) is 4.17. The summed E-state index contributed by atoms with van der Waals surface area (Å²) in [4.78, 5) is 7.21. The third-order valence-electron chi connectivity index (χ3n) is 5.50. The molecule has 0 aliphatic heterocycles. The zero-order valence-corrected chi connectivity index (χ0v) is 20.8. The Kier molecular flexibility index (Phi) is 6.97. The first-order valence-electron chi connectivity index (χ1n) is 11.0. The molecule has 0 unspecified atom stereocenters. The van der Waals surface area contributed by atoms with E-state index in [1.165, 1.54) is 16.7 Å². The number of aryl methyl sites for hydroxylation is 2. The summed E-state index contributed by atoms with van der Waals surface area (Å²) in [5.41, 5.74) is 6.90. The molecule has 4 nitrogen and oxygen atoms in total. The maximum Gasteiger partial charge on any atom is 0.141 e. The van der Waals surface area contributed by atoms with E-state index in [2.05, 4.69) is 102 Å². The van der Waals surface area contributed by atoms with Crippen LogP contribution in [0.15, 0.2) is 65.1 Å². The summed E-state index contributed by atoms with van der Waals surface area (Å²) in [6.45, 7) is 6.71. The first-order valence-corrected chi connectivity index (χ1v) is 11.8. The molecule has 0 fully saturated rings. The van der Waals surface area contributed by atoms with Gasteiger partial charge in [0, 0.05) is 22.6 Å². The number of fused-ring (bicyclic) bond motifs is 1. The minimum Gasteiger partial charge on any atom is -0.493 e. The van der Waals surface area contributed by atoms with Crippen LogP contribution >= 0.6 is 15.9 Å². The molecule has 0 saturated heterocycles. The van der Waals surface area contributed by atoms with Crippen LogP contribution in [-0.4, -0.2) is 41.7 Å². The van der Waals surface area contributed by atoms with Crippen molar-refractivity contribution in [3.05, 3.63) is 81.8 Å². The number of hydrogen-bond donors (Lipinski definition) is 0. The Morgan fingerprint density at radius 1 is 0.969 bits per heavy atom. The lowest BCUT2D eigenvalue weighted by Gasteiger charge is -2.13. The lowest BCUT2D eigenvalue weighted by atomic mass is 10.1. The Hall–Kier alpha value is -2.63. The molecule has 1 aromatic heterocycles. The normalized spacial score (nSPS) is 11.4. The number of nitrogens with zero attached hydrogens (tertiary/aromatic N) is 3. The molecule has 0 aliphatic rings. The van der Waals surface area contributed by atoms with Crippen LogP contribution in [0.4, 0.5) is 0 Å². The monoisotopic (exact) mass is 491 g/mol. The van der Waals surface area contributed by atoms with Gasteiger partial charge in [0.2, 0.25) is 0 Å². The molecule has 1 heterocycles. The quantitative estimate of drug-likeness (QED) is 0.265. The smallest absolute Gasteiger partial charge is 0.141 e. The van der Waals surface area contributed by atoms with Crippen molar-refractivity contribution < 1.29 is 4.74 Å². The summed E-state index contributed by atoms with van der Waals surface area (Å²) >= 11 is 3.72. The lowest BCUT2D eigenvalue weighted by Crippen LogP contribution is -2.15. The third-order valence-corrected chi connectivity index (χ3v) is 6.28. The molecule has 5 heteroatoms. The lowest BCUT2D eigenvalue weighted by molar-refractivity contribution is 0.282. The molecule has 166 valence electrons. The highest BCUT2D eigenvalue weighted by Crippen LogP contribution is 2.31. The van der Waals surface area contributed by atoms with Crippen molar-refractivity contribution in [3.8, 4) is 17.1 Å². The van der Waals surface area contributed by atoms with Gasteiger partial charge in [-0.15, -0.1) is 0 Å². The number of halogens is 1. The van der Waals surface area contributed by atoms with Gasteiger partial charge >= 0.3 is 0 Å². The fraction of sp³-hybridized carbons (Fsp3) is 0.296. The Morgan fingerprint density at radius 3 is 2.44 bits per heavy atom. The van der Waals surface area contributed by atoms with Crippen LogP contribution in [0.3, 0.4) is 0 Å². The number of aromatic nitrogens is 2. The van der Waals surface area contributed by atoms with E-state index in [0.29, 0.717) is 6.61 Å². The molecule has 0 spiro atoms. The van der Waals surface area contributed by atoms with Crippen LogP contribution in [0, 0.1) is 13.8 Å². The number of benzene rings is 3. The van der Waals surface area contributed by atoms with Crippen molar-refractivity contribution in [2.75, 3.05) is 27.2 Å². The van der Waals surface area contributed by atoms with Gasteiger partial charge in [-0.05, 0) is 70.3 Å². The van der Waals surface area contributed by atoms with Crippen molar-refractivity contribution in [3.63, 3.8) is 0 Å². The van der Waals surface area contributed by atoms with Crippen molar-refractivity contribution >= 4 is 27.0 Å². The standard InChI is InChI=1S/C27H30BrN3O/c1-19-14-20(2)16-22(15-19)27-29-25-11-10-23(32-13-7-12-30(3)4)17-26(25)31(27)18-21-8-5-6-9-24(21)28/h5-6,8-11,14-17H,7,12-13,18H2,1-4H3. The average Bonchev–Trinajstić information content (AvgIpc) is 3.10. The molecule has 32 heavy (non-hydrogen) atoms. The van der Waals surface area contributed by atoms with Gasteiger partial charge in [0.25, 0.3) is 0 Å². The Bertz CT molecular complexity index is 1210. The second-order valence-corrected chi connectivity index (χ2v) is 9.50. The molecular weight excluding hydrogens is 462 g/mol. The molecule has 3 aromatic carbocycles. The Morgan fingerprint density at radius 2 is 1.72 bits per heavy atom. The first kappa shape index (κ1) is 22.6. The summed E-state index contributed by atoms with van der Waals surface area (Å²) in [6.07, 6.45) is 0.995. The van der Waals surface area contributed by atoms with Crippen LogP contribution < -0.4 is 4.74 Å². The molecule has 0 bridgehead atoms. The molecule has 4 aromatic rings. The molecule has 0 N–H and O–H groups in total. The molecule has 4 rings (SSSR count). The van der Waals surface area contributed by atoms with Gasteiger partial charge in [-0.3, -0.25) is 0 Å². The minimum absolute atomic E-state index is 0.700. The van der Waals surface area contributed by atoms with E-state index in [1.54, 1.807) is 0 Å². The van der Waals surface area contributed by atoms with Crippen LogP contribution in [0.5, 0.6) is 5.75 Å². The van der Waals surface area contributed by atoms with E-state index in [9.17, 15) is 0 Å².